The van der Waals surface area contributed by atoms with Crippen LogP contribution in [0.3, 0.4) is 0 Å². The molecule has 2 heteroatoms. The SMILES string of the molecule is CSc1cccc(C2CCCNC2)c1. The van der Waals surface area contributed by atoms with Crippen molar-refractivity contribution in [1.29, 1.82) is 0 Å². The molecule has 1 fully saturated rings. The first-order chi connectivity index (χ1) is 6.90. The Balaban J connectivity index is 2.13. The molecule has 1 heterocycles. The summed E-state index contributed by atoms with van der Waals surface area (Å²) < 4.78 is 0. The lowest BCUT2D eigenvalue weighted by molar-refractivity contribution is 0.461. The Morgan fingerprint density at radius 1 is 1.43 bits per heavy atom. The number of piperidine rings is 1. The van der Waals surface area contributed by atoms with E-state index >= 15 is 0 Å². The molecular formula is C12H17NS. The van der Waals surface area contributed by atoms with Gasteiger partial charge in [0.05, 0.1) is 0 Å². The molecule has 76 valence electrons. The number of rotatable bonds is 2. The van der Waals surface area contributed by atoms with Crippen molar-refractivity contribution < 1.29 is 0 Å². The van der Waals surface area contributed by atoms with Gasteiger partial charge in [0, 0.05) is 11.4 Å². The maximum Gasteiger partial charge on any atom is 0.00719 e. The van der Waals surface area contributed by atoms with Gasteiger partial charge in [-0.3, -0.25) is 0 Å². The van der Waals surface area contributed by atoms with Gasteiger partial charge < -0.3 is 5.32 Å². The molecule has 0 saturated carbocycles. The molecule has 1 saturated heterocycles. The molecular weight excluding hydrogens is 190 g/mol. The third kappa shape index (κ3) is 2.31. The molecule has 1 atom stereocenters. The molecule has 14 heavy (non-hydrogen) atoms. The molecule has 1 aliphatic heterocycles. The van der Waals surface area contributed by atoms with Crippen LogP contribution in [0.15, 0.2) is 29.2 Å². The van der Waals surface area contributed by atoms with E-state index in [4.69, 9.17) is 0 Å². The Morgan fingerprint density at radius 3 is 3.07 bits per heavy atom. The van der Waals surface area contributed by atoms with Crippen molar-refractivity contribution in [3.05, 3.63) is 29.8 Å². The minimum atomic E-state index is 0.732. The van der Waals surface area contributed by atoms with Gasteiger partial charge in [0.2, 0.25) is 0 Å². The fourth-order valence-corrected chi connectivity index (χ4v) is 2.50. The van der Waals surface area contributed by atoms with Crippen LogP contribution in [0, 0.1) is 0 Å². The van der Waals surface area contributed by atoms with Gasteiger partial charge in [-0.15, -0.1) is 11.8 Å². The number of thioether (sulfide) groups is 1. The highest BCUT2D eigenvalue weighted by Crippen LogP contribution is 2.26. The molecule has 1 N–H and O–H groups in total. The van der Waals surface area contributed by atoms with E-state index in [1.807, 2.05) is 11.8 Å². The Labute approximate surface area is 90.3 Å². The second-order valence-corrected chi connectivity index (χ2v) is 4.70. The van der Waals surface area contributed by atoms with Crippen LogP contribution in [0.5, 0.6) is 0 Å². The van der Waals surface area contributed by atoms with Crippen LogP contribution in [-0.2, 0) is 0 Å². The van der Waals surface area contributed by atoms with Gasteiger partial charge in [-0.1, -0.05) is 12.1 Å². The van der Waals surface area contributed by atoms with Crippen LogP contribution in [0.1, 0.15) is 24.3 Å². The average molecular weight is 207 g/mol. The van der Waals surface area contributed by atoms with E-state index in [1.165, 1.54) is 29.8 Å². The fourth-order valence-electron chi connectivity index (χ4n) is 2.03. The molecule has 0 bridgehead atoms. The second kappa shape index (κ2) is 4.85. The van der Waals surface area contributed by atoms with Crippen LogP contribution in [0.2, 0.25) is 0 Å². The van der Waals surface area contributed by atoms with Crippen molar-refractivity contribution in [3.8, 4) is 0 Å². The number of benzene rings is 1. The first-order valence-corrected chi connectivity index (χ1v) is 6.47. The third-order valence-corrected chi connectivity index (χ3v) is 3.59. The number of nitrogens with one attached hydrogen (secondary N) is 1. The monoisotopic (exact) mass is 207 g/mol. The van der Waals surface area contributed by atoms with Crippen molar-refractivity contribution in [2.24, 2.45) is 0 Å². The zero-order valence-corrected chi connectivity index (χ0v) is 9.44. The largest absolute Gasteiger partial charge is 0.316 e. The maximum absolute atomic E-state index is 3.46. The maximum atomic E-state index is 3.46. The standard InChI is InChI=1S/C12H17NS/c1-14-12-6-2-4-10(8-12)11-5-3-7-13-9-11/h2,4,6,8,11,13H,3,5,7,9H2,1H3. The van der Waals surface area contributed by atoms with E-state index in [2.05, 4.69) is 35.8 Å². The predicted octanol–water partition coefficient (Wildman–Crippen LogP) is 2.88. The van der Waals surface area contributed by atoms with Crippen LogP contribution in [-0.4, -0.2) is 19.3 Å². The topological polar surface area (TPSA) is 12.0 Å². The normalized spacial score (nSPS) is 22.2. The molecule has 1 nitrogen and oxygen atoms in total. The van der Waals surface area contributed by atoms with Gasteiger partial charge in [-0.25, -0.2) is 0 Å². The van der Waals surface area contributed by atoms with Crippen molar-refractivity contribution in [2.45, 2.75) is 23.7 Å². The Hall–Kier alpha value is -0.470. The lowest BCUT2D eigenvalue weighted by Gasteiger charge is -2.23. The van der Waals surface area contributed by atoms with Crippen LogP contribution < -0.4 is 5.32 Å². The van der Waals surface area contributed by atoms with Crippen LogP contribution in [0.4, 0.5) is 0 Å². The second-order valence-electron chi connectivity index (χ2n) is 3.82. The Kier molecular flexibility index (Phi) is 3.49. The summed E-state index contributed by atoms with van der Waals surface area (Å²) in [5.74, 6) is 0.732. The van der Waals surface area contributed by atoms with E-state index in [0.717, 1.165) is 12.5 Å². The average Bonchev–Trinajstić information content (AvgIpc) is 2.30. The Bertz CT molecular complexity index is 292. The molecule has 0 spiro atoms. The van der Waals surface area contributed by atoms with Crippen molar-refractivity contribution >= 4 is 11.8 Å². The zero-order valence-electron chi connectivity index (χ0n) is 8.62. The minimum Gasteiger partial charge on any atom is -0.316 e. The van der Waals surface area contributed by atoms with E-state index in [1.54, 1.807) is 0 Å². The molecule has 1 unspecified atom stereocenters. The molecule has 0 aromatic heterocycles. The van der Waals surface area contributed by atoms with Crippen molar-refractivity contribution in [1.82, 2.24) is 5.32 Å². The highest BCUT2D eigenvalue weighted by atomic mass is 32.2. The molecule has 0 amide bonds. The van der Waals surface area contributed by atoms with Gasteiger partial charge in [0.25, 0.3) is 0 Å². The summed E-state index contributed by atoms with van der Waals surface area (Å²) >= 11 is 1.83. The lowest BCUT2D eigenvalue weighted by atomic mass is 9.92. The third-order valence-electron chi connectivity index (χ3n) is 2.86. The van der Waals surface area contributed by atoms with Crippen LogP contribution >= 0.6 is 11.8 Å². The highest BCUT2D eigenvalue weighted by Gasteiger charge is 2.14. The van der Waals surface area contributed by atoms with Gasteiger partial charge in [-0.2, -0.15) is 0 Å². The van der Waals surface area contributed by atoms with Gasteiger partial charge in [0.15, 0.2) is 0 Å². The van der Waals surface area contributed by atoms with Crippen molar-refractivity contribution in [3.63, 3.8) is 0 Å². The highest BCUT2D eigenvalue weighted by molar-refractivity contribution is 7.98. The molecule has 1 aliphatic rings. The molecule has 2 rings (SSSR count). The quantitative estimate of drug-likeness (QED) is 0.748. The van der Waals surface area contributed by atoms with Crippen LogP contribution in [0.25, 0.3) is 0 Å². The smallest absolute Gasteiger partial charge is 0.00719 e. The summed E-state index contributed by atoms with van der Waals surface area (Å²) in [4.78, 5) is 1.38. The predicted molar refractivity (Wildman–Crippen MR) is 63.1 cm³/mol. The van der Waals surface area contributed by atoms with E-state index in [0.29, 0.717) is 0 Å². The number of hydrogen-bond acceptors (Lipinski definition) is 2. The summed E-state index contributed by atoms with van der Waals surface area (Å²) in [6.07, 6.45) is 4.79. The van der Waals surface area contributed by atoms with E-state index in [-0.39, 0.29) is 0 Å². The Morgan fingerprint density at radius 2 is 2.36 bits per heavy atom. The van der Waals surface area contributed by atoms with E-state index < -0.39 is 0 Å². The van der Waals surface area contributed by atoms with Gasteiger partial charge in [-0.05, 0) is 49.3 Å². The molecule has 0 radical (unpaired) electrons. The van der Waals surface area contributed by atoms with Gasteiger partial charge >= 0.3 is 0 Å². The lowest BCUT2D eigenvalue weighted by Crippen LogP contribution is -2.28. The van der Waals surface area contributed by atoms with Gasteiger partial charge in [0.1, 0.15) is 0 Å². The number of hydrogen-bond donors (Lipinski definition) is 1. The first-order valence-electron chi connectivity index (χ1n) is 5.25. The summed E-state index contributed by atoms with van der Waals surface area (Å²) in [6.45, 7) is 2.34. The first kappa shape index (κ1) is 10.1. The summed E-state index contributed by atoms with van der Waals surface area (Å²) in [5.41, 5.74) is 1.50. The molecule has 0 aliphatic carbocycles. The van der Waals surface area contributed by atoms with Crippen molar-refractivity contribution in [2.75, 3.05) is 19.3 Å². The zero-order chi connectivity index (χ0) is 9.80. The molecule has 1 aromatic rings. The molecule has 1 aromatic carbocycles. The summed E-state index contributed by atoms with van der Waals surface area (Å²) in [7, 11) is 0. The fraction of sp³-hybridized carbons (Fsp3) is 0.500. The van der Waals surface area contributed by atoms with E-state index in [9.17, 15) is 0 Å². The minimum absolute atomic E-state index is 0.732. The summed E-state index contributed by atoms with van der Waals surface area (Å²) in [6, 6.07) is 8.96. The summed E-state index contributed by atoms with van der Waals surface area (Å²) in [5, 5.41) is 3.46.